The lowest BCUT2D eigenvalue weighted by Gasteiger charge is -2.14. The van der Waals surface area contributed by atoms with Gasteiger partial charge in [-0.25, -0.2) is 4.79 Å². The molecule has 0 radical (unpaired) electrons. The van der Waals surface area contributed by atoms with E-state index in [1.165, 1.54) is 6.20 Å². The van der Waals surface area contributed by atoms with Crippen molar-refractivity contribution < 1.29 is 14.7 Å². The van der Waals surface area contributed by atoms with E-state index in [1.807, 2.05) is 13.8 Å². The summed E-state index contributed by atoms with van der Waals surface area (Å²) in [5.41, 5.74) is 0. The van der Waals surface area contributed by atoms with E-state index in [2.05, 4.69) is 10.6 Å². The lowest BCUT2D eigenvalue weighted by molar-refractivity contribution is -0.131. The highest BCUT2D eigenvalue weighted by molar-refractivity contribution is 5.82. The van der Waals surface area contributed by atoms with Crippen molar-refractivity contribution in [3.05, 3.63) is 12.3 Å². The van der Waals surface area contributed by atoms with E-state index in [4.69, 9.17) is 5.11 Å². The first kappa shape index (κ1) is 12.5. The molecule has 3 N–H and O–H groups in total. The smallest absolute Gasteiger partial charge is 0.329 e. The van der Waals surface area contributed by atoms with Gasteiger partial charge in [0.15, 0.2) is 0 Å². The van der Waals surface area contributed by atoms with E-state index in [9.17, 15) is 9.59 Å². The van der Waals surface area contributed by atoms with Crippen molar-refractivity contribution in [2.24, 2.45) is 0 Å². The molecule has 0 aromatic carbocycles. The van der Waals surface area contributed by atoms with Gasteiger partial charge in [0.2, 0.25) is 5.91 Å². The lowest BCUT2D eigenvalue weighted by Crippen LogP contribution is -2.42. The van der Waals surface area contributed by atoms with Crippen LogP contribution >= 0.6 is 0 Å². The lowest BCUT2D eigenvalue weighted by atomic mass is 10.3. The van der Waals surface area contributed by atoms with Crippen molar-refractivity contribution in [3.63, 3.8) is 0 Å². The molecule has 1 unspecified atom stereocenters. The summed E-state index contributed by atoms with van der Waals surface area (Å²) in [6, 6.07) is -0.358. The second kappa shape index (κ2) is 6.01. The second-order valence-electron chi connectivity index (χ2n) is 3.22. The SMILES string of the molecule is CC(C)NC(=O)C(C)N/C=C/C(=O)O. The average Bonchev–Trinajstić information content (AvgIpc) is 2.01. The van der Waals surface area contributed by atoms with Crippen LogP contribution in [-0.4, -0.2) is 29.1 Å². The number of carboxylic acids is 1. The van der Waals surface area contributed by atoms with Crippen LogP contribution in [0, 0.1) is 0 Å². The molecule has 0 aromatic heterocycles. The standard InChI is InChI=1S/C9H16N2O3/c1-6(2)11-9(14)7(3)10-5-4-8(12)13/h4-7,10H,1-3H3,(H,11,14)(H,12,13)/b5-4+. The third kappa shape index (κ3) is 6.05. The van der Waals surface area contributed by atoms with Gasteiger partial charge >= 0.3 is 5.97 Å². The molecule has 5 nitrogen and oxygen atoms in total. The third-order valence-electron chi connectivity index (χ3n) is 1.40. The number of amides is 1. The molecule has 0 aliphatic rings. The number of carbonyl (C=O) groups is 2. The van der Waals surface area contributed by atoms with Crippen LogP contribution < -0.4 is 10.6 Å². The van der Waals surface area contributed by atoms with Crippen LogP contribution in [0.15, 0.2) is 12.3 Å². The van der Waals surface area contributed by atoms with Crippen molar-refractivity contribution >= 4 is 11.9 Å². The minimum Gasteiger partial charge on any atom is -0.478 e. The molecule has 5 heteroatoms. The van der Waals surface area contributed by atoms with E-state index in [0.29, 0.717) is 0 Å². The fraction of sp³-hybridized carbons (Fsp3) is 0.556. The molecule has 1 amide bonds. The van der Waals surface area contributed by atoms with Gasteiger partial charge in [-0.1, -0.05) is 0 Å². The summed E-state index contributed by atoms with van der Waals surface area (Å²) in [6.07, 6.45) is 2.19. The van der Waals surface area contributed by atoms with E-state index >= 15 is 0 Å². The van der Waals surface area contributed by atoms with Gasteiger partial charge in [0.05, 0.1) is 0 Å². The quantitative estimate of drug-likeness (QED) is 0.549. The number of hydrogen-bond donors (Lipinski definition) is 3. The van der Waals surface area contributed by atoms with E-state index in [-0.39, 0.29) is 11.9 Å². The molecular weight excluding hydrogens is 184 g/mol. The van der Waals surface area contributed by atoms with E-state index in [1.54, 1.807) is 6.92 Å². The van der Waals surface area contributed by atoms with Crippen molar-refractivity contribution in [3.8, 4) is 0 Å². The zero-order valence-corrected chi connectivity index (χ0v) is 8.57. The fourth-order valence-corrected chi connectivity index (χ4v) is 0.749. The Labute approximate surface area is 83.2 Å². The first-order chi connectivity index (χ1) is 6.43. The van der Waals surface area contributed by atoms with Gasteiger partial charge in [0, 0.05) is 18.3 Å². The molecule has 0 spiro atoms. The molecule has 0 aromatic rings. The van der Waals surface area contributed by atoms with Crippen LogP contribution in [0.5, 0.6) is 0 Å². The Hall–Kier alpha value is -1.52. The fourth-order valence-electron chi connectivity index (χ4n) is 0.749. The summed E-state index contributed by atoms with van der Waals surface area (Å²) in [5.74, 6) is -1.20. The van der Waals surface area contributed by atoms with Gasteiger partial charge < -0.3 is 15.7 Å². The molecule has 0 saturated carbocycles. The maximum Gasteiger partial charge on any atom is 0.329 e. The van der Waals surface area contributed by atoms with Crippen LogP contribution in [-0.2, 0) is 9.59 Å². The number of carboxylic acid groups (broad SMARTS) is 1. The summed E-state index contributed by atoms with van der Waals surface area (Å²) < 4.78 is 0. The molecule has 1 atom stereocenters. The van der Waals surface area contributed by atoms with Crippen molar-refractivity contribution in [2.45, 2.75) is 32.9 Å². The van der Waals surface area contributed by atoms with Gasteiger partial charge in [-0.15, -0.1) is 0 Å². The number of rotatable bonds is 5. The molecule has 0 fully saturated rings. The molecule has 80 valence electrons. The highest BCUT2D eigenvalue weighted by atomic mass is 16.4. The van der Waals surface area contributed by atoms with Crippen molar-refractivity contribution in [1.29, 1.82) is 0 Å². The third-order valence-corrected chi connectivity index (χ3v) is 1.40. The zero-order chi connectivity index (χ0) is 11.1. The Morgan fingerprint density at radius 1 is 1.29 bits per heavy atom. The second-order valence-corrected chi connectivity index (χ2v) is 3.22. The first-order valence-electron chi connectivity index (χ1n) is 4.39. The van der Waals surface area contributed by atoms with Crippen LogP contribution in [0.3, 0.4) is 0 Å². The molecule has 0 saturated heterocycles. The van der Waals surface area contributed by atoms with Crippen molar-refractivity contribution in [2.75, 3.05) is 0 Å². The summed E-state index contributed by atoms with van der Waals surface area (Å²) in [4.78, 5) is 21.4. The maximum absolute atomic E-state index is 11.3. The van der Waals surface area contributed by atoms with Crippen LogP contribution in [0.25, 0.3) is 0 Å². The molecule has 0 heterocycles. The molecule has 0 rings (SSSR count). The monoisotopic (exact) mass is 200 g/mol. The summed E-state index contributed by atoms with van der Waals surface area (Å²) in [6.45, 7) is 5.37. The summed E-state index contributed by atoms with van der Waals surface area (Å²) >= 11 is 0. The zero-order valence-electron chi connectivity index (χ0n) is 8.57. The normalized spacial score (nSPS) is 12.9. The minimum absolute atomic E-state index is 0.0789. The molecule has 0 aliphatic heterocycles. The summed E-state index contributed by atoms with van der Waals surface area (Å²) in [5, 5.41) is 13.6. The average molecular weight is 200 g/mol. The Morgan fingerprint density at radius 3 is 2.29 bits per heavy atom. The minimum atomic E-state index is -1.05. The van der Waals surface area contributed by atoms with E-state index < -0.39 is 12.0 Å². The van der Waals surface area contributed by atoms with Gasteiger partial charge in [0.25, 0.3) is 0 Å². The van der Waals surface area contributed by atoms with Crippen LogP contribution in [0.4, 0.5) is 0 Å². The largest absolute Gasteiger partial charge is 0.478 e. The predicted molar refractivity (Wildman–Crippen MR) is 52.7 cm³/mol. The Morgan fingerprint density at radius 2 is 1.86 bits per heavy atom. The Bertz CT molecular complexity index is 236. The van der Waals surface area contributed by atoms with E-state index in [0.717, 1.165) is 6.08 Å². The highest BCUT2D eigenvalue weighted by Gasteiger charge is 2.10. The number of aliphatic carboxylic acids is 1. The predicted octanol–water partition coefficient (Wildman–Crippen LogP) is 0.0874. The van der Waals surface area contributed by atoms with Gasteiger partial charge in [-0.3, -0.25) is 4.79 Å². The van der Waals surface area contributed by atoms with Crippen LogP contribution in [0.1, 0.15) is 20.8 Å². The molecule has 0 aliphatic carbocycles. The summed E-state index contributed by atoms with van der Waals surface area (Å²) in [7, 11) is 0. The number of carbonyl (C=O) groups excluding carboxylic acids is 1. The highest BCUT2D eigenvalue weighted by Crippen LogP contribution is 1.85. The first-order valence-corrected chi connectivity index (χ1v) is 4.39. The molecule has 0 bridgehead atoms. The molecule has 14 heavy (non-hydrogen) atoms. The molecular formula is C9H16N2O3. The maximum atomic E-state index is 11.3. The van der Waals surface area contributed by atoms with Gasteiger partial charge in [-0.05, 0) is 20.8 Å². The van der Waals surface area contributed by atoms with Gasteiger partial charge in [0.1, 0.15) is 6.04 Å². The number of hydrogen-bond acceptors (Lipinski definition) is 3. The Kier molecular flexibility index (Phi) is 5.36. The Balaban J connectivity index is 3.90. The van der Waals surface area contributed by atoms with Crippen LogP contribution in [0.2, 0.25) is 0 Å². The topological polar surface area (TPSA) is 78.4 Å². The van der Waals surface area contributed by atoms with Gasteiger partial charge in [-0.2, -0.15) is 0 Å². The number of nitrogens with one attached hydrogen (secondary N) is 2. The van der Waals surface area contributed by atoms with Crippen molar-refractivity contribution in [1.82, 2.24) is 10.6 Å².